The van der Waals surface area contributed by atoms with Gasteiger partial charge in [0.1, 0.15) is 0 Å². The van der Waals surface area contributed by atoms with Crippen LogP contribution in [0.3, 0.4) is 0 Å². The molecule has 1 aromatic carbocycles. The zero-order chi connectivity index (χ0) is 10.8. The van der Waals surface area contributed by atoms with Gasteiger partial charge in [0.25, 0.3) is 0 Å². The Hall–Kier alpha value is -1.02. The molecule has 0 spiro atoms. The van der Waals surface area contributed by atoms with Gasteiger partial charge in [0.15, 0.2) is 0 Å². The Labute approximate surface area is 89.1 Å². The quantitative estimate of drug-likeness (QED) is 0.820. The minimum atomic E-state index is -0.506. The Kier molecular flexibility index (Phi) is 3.17. The lowest BCUT2D eigenvalue weighted by Gasteiger charge is -2.20. The fraction of sp³-hybridized carbons (Fsp3) is 0.364. The lowest BCUT2D eigenvalue weighted by Crippen LogP contribution is -2.33. The number of carbonyl (C=O) groups excluding carboxylic acids is 1. The molecular weight excluding hydrogens is 198 g/mol. The Morgan fingerprint density at radius 3 is 2.29 bits per heavy atom. The number of benzene rings is 1. The van der Waals surface area contributed by atoms with Crippen LogP contribution in [0, 0.1) is 5.41 Å². The predicted molar refractivity (Wildman–Crippen MR) is 58.1 cm³/mol. The molecule has 1 amide bonds. The molecule has 76 valence electrons. The van der Waals surface area contributed by atoms with Crippen molar-refractivity contribution in [1.29, 1.82) is 0 Å². The number of nitrogens with two attached hydrogens (primary N) is 1. The maximum atomic E-state index is 11.1. The van der Waals surface area contributed by atoms with E-state index in [1.165, 1.54) is 0 Å². The molecule has 0 aliphatic rings. The van der Waals surface area contributed by atoms with Crippen molar-refractivity contribution < 1.29 is 4.79 Å². The van der Waals surface area contributed by atoms with Crippen LogP contribution in [-0.4, -0.2) is 5.91 Å². The predicted octanol–water partition coefficient (Wildman–Crippen LogP) is 2.39. The van der Waals surface area contributed by atoms with Crippen LogP contribution < -0.4 is 5.73 Å². The van der Waals surface area contributed by atoms with Crippen molar-refractivity contribution in [3.05, 3.63) is 34.9 Å². The topological polar surface area (TPSA) is 43.1 Å². The Bertz CT molecular complexity index is 330. The smallest absolute Gasteiger partial charge is 0.223 e. The minimum Gasteiger partial charge on any atom is -0.369 e. The summed E-state index contributed by atoms with van der Waals surface area (Å²) in [5, 5.41) is 0.700. The molecule has 1 aromatic rings. The highest BCUT2D eigenvalue weighted by molar-refractivity contribution is 6.30. The van der Waals surface area contributed by atoms with Crippen molar-refractivity contribution in [2.45, 2.75) is 20.3 Å². The van der Waals surface area contributed by atoms with E-state index in [1.54, 1.807) is 0 Å². The first-order chi connectivity index (χ1) is 6.42. The molecule has 0 fully saturated rings. The number of carbonyl (C=O) groups is 1. The van der Waals surface area contributed by atoms with Crippen molar-refractivity contribution in [2.75, 3.05) is 0 Å². The summed E-state index contributed by atoms with van der Waals surface area (Å²) in [7, 11) is 0. The summed E-state index contributed by atoms with van der Waals surface area (Å²) < 4.78 is 0. The molecule has 0 saturated heterocycles. The van der Waals surface area contributed by atoms with Crippen molar-refractivity contribution >= 4 is 17.5 Å². The summed E-state index contributed by atoms with van der Waals surface area (Å²) in [6, 6.07) is 7.45. The van der Waals surface area contributed by atoms with Crippen molar-refractivity contribution in [3.63, 3.8) is 0 Å². The van der Waals surface area contributed by atoms with E-state index in [-0.39, 0.29) is 5.91 Å². The van der Waals surface area contributed by atoms with Crippen LogP contribution >= 0.6 is 11.6 Å². The average molecular weight is 212 g/mol. The van der Waals surface area contributed by atoms with Gasteiger partial charge in [-0.25, -0.2) is 0 Å². The summed E-state index contributed by atoms with van der Waals surface area (Å²) >= 11 is 5.75. The van der Waals surface area contributed by atoms with Gasteiger partial charge in [-0.15, -0.1) is 0 Å². The summed E-state index contributed by atoms with van der Waals surface area (Å²) in [5.74, 6) is -0.285. The fourth-order valence-corrected chi connectivity index (χ4v) is 1.33. The average Bonchev–Trinajstić information content (AvgIpc) is 2.08. The molecule has 1 rings (SSSR count). The van der Waals surface area contributed by atoms with E-state index in [0.717, 1.165) is 5.56 Å². The summed E-state index contributed by atoms with van der Waals surface area (Å²) in [4.78, 5) is 11.1. The molecule has 0 unspecified atom stereocenters. The number of halogens is 1. The molecule has 0 saturated carbocycles. The third kappa shape index (κ3) is 2.74. The van der Waals surface area contributed by atoms with Gasteiger partial charge in [-0.05, 0) is 24.1 Å². The van der Waals surface area contributed by atoms with Gasteiger partial charge >= 0.3 is 0 Å². The van der Waals surface area contributed by atoms with Crippen molar-refractivity contribution in [2.24, 2.45) is 11.1 Å². The fourth-order valence-electron chi connectivity index (χ4n) is 1.20. The molecule has 0 bridgehead atoms. The largest absolute Gasteiger partial charge is 0.369 e. The molecule has 0 aliphatic heterocycles. The number of rotatable bonds is 3. The Balaban J connectivity index is 2.79. The van der Waals surface area contributed by atoms with Crippen LogP contribution in [-0.2, 0) is 11.2 Å². The highest BCUT2D eigenvalue weighted by atomic mass is 35.5. The number of amides is 1. The van der Waals surface area contributed by atoms with Gasteiger partial charge in [-0.2, -0.15) is 0 Å². The third-order valence-corrected chi connectivity index (χ3v) is 2.48. The molecule has 14 heavy (non-hydrogen) atoms. The lowest BCUT2D eigenvalue weighted by atomic mass is 9.85. The van der Waals surface area contributed by atoms with E-state index in [2.05, 4.69) is 0 Å². The van der Waals surface area contributed by atoms with Gasteiger partial charge in [0, 0.05) is 10.4 Å². The van der Waals surface area contributed by atoms with Gasteiger partial charge in [0.05, 0.1) is 0 Å². The second kappa shape index (κ2) is 4.01. The lowest BCUT2D eigenvalue weighted by molar-refractivity contribution is -0.125. The molecular formula is C11H14ClNO. The standard InChI is InChI=1S/C11H14ClNO/c1-11(2,10(13)14)7-8-3-5-9(12)6-4-8/h3-6H,7H2,1-2H3,(H2,13,14). The van der Waals surface area contributed by atoms with Crippen LogP contribution in [0.15, 0.2) is 24.3 Å². The second-order valence-corrected chi connectivity index (χ2v) is 4.49. The molecule has 2 N–H and O–H groups in total. The van der Waals surface area contributed by atoms with Crippen LogP contribution in [0.2, 0.25) is 5.02 Å². The molecule has 3 heteroatoms. The monoisotopic (exact) mass is 211 g/mol. The minimum absolute atomic E-state index is 0.285. The maximum Gasteiger partial charge on any atom is 0.223 e. The van der Waals surface area contributed by atoms with E-state index < -0.39 is 5.41 Å². The highest BCUT2D eigenvalue weighted by Crippen LogP contribution is 2.22. The number of hydrogen-bond acceptors (Lipinski definition) is 1. The molecule has 0 radical (unpaired) electrons. The van der Waals surface area contributed by atoms with Crippen molar-refractivity contribution in [3.8, 4) is 0 Å². The highest BCUT2D eigenvalue weighted by Gasteiger charge is 2.24. The van der Waals surface area contributed by atoms with Crippen molar-refractivity contribution in [1.82, 2.24) is 0 Å². The van der Waals surface area contributed by atoms with E-state index >= 15 is 0 Å². The van der Waals surface area contributed by atoms with E-state index in [4.69, 9.17) is 17.3 Å². The third-order valence-electron chi connectivity index (χ3n) is 2.23. The molecule has 2 nitrogen and oxygen atoms in total. The van der Waals surface area contributed by atoms with E-state index in [0.29, 0.717) is 11.4 Å². The molecule has 0 atom stereocenters. The molecule has 0 aromatic heterocycles. The number of hydrogen-bond donors (Lipinski definition) is 1. The van der Waals surface area contributed by atoms with Crippen LogP contribution in [0.4, 0.5) is 0 Å². The summed E-state index contributed by atoms with van der Waals surface area (Å²) in [5.41, 5.74) is 5.84. The van der Waals surface area contributed by atoms with Gasteiger partial charge in [0.2, 0.25) is 5.91 Å². The molecule has 0 aliphatic carbocycles. The summed E-state index contributed by atoms with van der Waals surface area (Å²) in [6.45, 7) is 3.67. The van der Waals surface area contributed by atoms with Crippen LogP contribution in [0.1, 0.15) is 19.4 Å². The first kappa shape index (κ1) is 11.1. The number of primary amides is 1. The Morgan fingerprint density at radius 2 is 1.86 bits per heavy atom. The van der Waals surface area contributed by atoms with Gasteiger partial charge < -0.3 is 5.73 Å². The van der Waals surface area contributed by atoms with Crippen LogP contribution in [0.5, 0.6) is 0 Å². The SMILES string of the molecule is CC(C)(Cc1ccc(Cl)cc1)C(N)=O. The maximum absolute atomic E-state index is 11.1. The van der Waals surface area contributed by atoms with Gasteiger partial charge in [-0.1, -0.05) is 37.6 Å². The first-order valence-electron chi connectivity index (χ1n) is 4.46. The molecule has 0 heterocycles. The Morgan fingerprint density at radius 1 is 1.36 bits per heavy atom. The zero-order valence-electron chi connectivity index (χ0n) is 8.38. The van der Waals surface area contributed by atoms with E-state index in [1.807, 2.05) is 38.1 Å². The van der Waals surface area contributed by atoms with Gasteiger partial charge in [-0.3, -0.25) is 4.79 Å². The normalized spacial score (nSPS) is 11.4. The zero-order valence-corrected chi connectivity index (χ0v) is 9.14. The van der Waals surface area contributed by atoms with Crippen LogP contribution in [0.25, 0.3) is 0 Å². The first-order valence-corrected chi connectivity index (χ1v) is 4.84. The van der Waals surface area contributed by atoms with E-state index in [9.17, 15) is 4.79 Å². The second-order valence-electron chi connectivity index (χ2n) is 4.05. The summed E-state index contributed by atoms with van der Waals surface area (Å²) in [6.07, 6.45) is 0.638.